The molecule has 0 radical (unpaired) electrons. The summed E-state index contributed by atoms with van der Waals surface area (Å²) in [5.74, 6) is 0.199. The van der Waals surface area contributed by atoms with E-state index in [0.29, 0.717) is 5.56 Å². The van der Waals surface area contributed by atoms with E-state index in [1.165, 1.54) is 19.1 Å². The van der Waals surface area contributed by atoms with Crippen molar-refractivity contribution in [2.75, 3.05) is 0 Å². The average Bonchev–Trinajstić information content (AvgIpc) is 1.88. The van der Waals surface area contributed by atoms with Crippen LogP contribution >= 0.6 is 0 Å². The zero-order valence-corrected chi connectivity index (χ0v) is 8.66. The van der Waals surface area contributed by atoms with Crippen LogP contribution in [0, 0.1) is 0 Å². The van der Waals surface area contributed by atoms with Gasteiger partial charge in [-0.25, -0.2) is 0 Å². The van der Waals surface area contributed by atoms with E-state index in [1.807, 2.05) is 0 Å². The summed E-state index contributed by atoms with van der Waals surface area (Å²) in [5, 5.41) is 8.83. The number of phenolic OH excluding ortho intramolecular Hbond substituents is 1. The molecule has 0 bridgehead atoms. The monoisotopic (exact) mass is 160 g/mol. The van der Waals surface area contributed by atoms with Crippen molar-refractivity contribution in [2.45, 2.75) is 6.92 Å². The first-order valence-corrected chi connectivity index (χ1v) is 3.00. The van der Waals surface area contributed by atoms with Crippen LogP contribution in [0.5, 0.6) is 5.75 Å². The zero-order valence-electron chi connectivity index (χ0n) is 7.66. The Morgan fingerprint density at radius 2 is 1.82 bits per heavy atom. The van der Waals surface area contributed by atoms with Crippen molar-refractivity contribution >= 4 is 5.78 Å². The topological polar surface area (TPSA) is 37.3 Å². The molecule has 0 atom stereocenters. The number of carbonyl (C=O) groups excluding carboxylic acids is 1. The van der Waals surface area contributed by atoms with Gasteiger partial charge in [-0.1, -0.05) is 0 Å². The number of Topliss-reactive ketones (excluding diaryl/α,β-unsaturated/α-hetero) is 1. The van der Waals surface area contributed by atoms with E-state index in [9.17, 15) is 4.79 Å². The van der Waals surface area contributed by atoms with E-state index in [-0.39, 0.29) is 42.5 Å². The van der Waals surface area contributed by atoms with Gasteiger partial charge in [-0.05, 0) is 31.2 Å². The molecule has 2 nitrogen and oxygen atoms in total. The van der Waals surface area contributed by atoms with E-state index < -0.39 is 0 Å². The second-order valence-electron chi connectivity index (χ2n) is 2.10. The Morgan fingerprint density at radius 3 is 2.18 bits per heavy atom. The number of phenols is 1. The van der Waals surface area contributed by atoms with Crippen molar-refractivity contribution in [2.24, 2.45) is 0 Å². The van der Waals surface area contributed by atoms with Crippen molar-refractivity contribution in [3.8, 4) is 5.75 Å². The summed E-state index contributed by atoms with van der Waals surface area (Å²) in [4.78, 5) is 10.7. The number of carbonyl (C=O) groups is 1. The fourth-order valence-electron chi connectivity index (χ4n) is 0.696. The molecule has 0 aliphatic heterocycles. The molecule has 1 rings (SSSR count). The number of benzene rings is 1. The quantitative estimate of drug-likeness (QED) is 0.410. The molecule has 3 heteroatoms. The molecular formula is C8H9NaO2. The summed E-state index contributed by atoms with van der Waals surface area (Å²) in [6.45, 7) is 1.49. The Bertz CT molecular complexity index is 246. The van der Waals surface area contributed by atoms with Gasteiger partial charge in [0.2, 0.25) is 0 Å². The maximum atomic E-state index is 10.7. The maximum absolute atomic E-state index is 10.7. The summed E-state index contributed by atoms with van der Waals surface area (Å²) >= 11 is 0. The van der Waals surface area contributed by atoms with Crippen molar-refractivity contribution in [1.82, 2.24) is 0 Å². The van der Waals surface area contributed by atoms with Gasteiger partial charge in [0.1, 0.15) is 5.75 Å². The Labute approximate surface area is 89.0 Å². The third kappa shape index (κ3) is 3.06. The molecule has 0 aliphatic carbocycles. The minimum absolute atomic E-state index is 0. The summed E-state index contributed by atoms with van der Waals surface area (Å²) in [6, 6.07) is 6.18. The number of aromatic hydroxyl groups is 1. The minimum Gasteiger partial charge on any atom is -1.00 e. The van der Waals surface area contributed by atoms with Crippen LogP contribution in [0.15, 0.2) is 24.3 Å². The number of rotatable bonds is 1. The van der Waals surface area contributed by atoms with Crippen molar-refractivity contribution in [1.29, 1.82) is 0 Å². The first-order chi connectivity index (χ1) is 4.70. The molecular weight excluding hydrogens is 151 g/mol. The number of ketones is 1. The van der Waals surface area contributed by atoms with Gasteiger partial charge in [-0.2, -0.15) is 0 Å². The molecule has 1 aromatic carbocycles. The van der Waals surface area contributed by atoms with Gasteiger partial charge in [0.25, 0.3) is 0 Å². The van der Waals surface area contributed by atoms with Crippen molar-refractivity contribution < 1.29 is 40.9 Å². The molecule has 0 saturated heterocycles. The Balaban J connectivity index is 0. The fraction of sp³-hybridized carbons (Fsp3) is 0.125. The third-order valence-corrected chi connectivity index (χ3v) is 1.27. The maximum Gasteiger partial charge on any atom is 1.00 e. The van der Waals surface area contributed by atoms with Crippen LogP contribution in [-0.4, -0.2) is 10.9 Å². The van der Waals surface area contributed by atoms with Crippen LogP contribution in [-0.2, 0) is 0 Å². The average molecular weight is 160 g/mol. The second kappa shape index (κ2) is 4.54. The Morgan fingerprint density at radius 1 is 1.36 bits per heavy atom. The van der Waals surface area contributed by atoms with E-state index in [1.54, 1.807) is 12.1 Å². The predicted molar refractivity (Wildman–Crippen MR) is 39.2 cm³/mol. The largest absolute Gasteiger partial charge is 1.00 e. The number of hydrogen-bond donors (Lipinski definition) is 1. The first-order valence-electron chi connectivity index (χ1n) is 3.00. The van der Waals surface area contributed by atoms with Crippen LogP contribution < -0.4 is 29.6 Å². The molecule has 11 heavy (non-hydrogen) atoms. The Hall–Kier alpha value is -0.310. The van der Waals surface area contributed by atoms with Crippen LogP contribution in [0.4, 0.5) is 0 Å². The molecule has 0 heterocycles. The molecule has 1 aromatic rings. The van der Waals surface area contributed by atoms with Crippen molar-refractivity contribution in [3.63, 3.8) is 0 Å². The van der Waals surface area contributed by atoms with Gasteiger partial charge in [-0.3, -0.25) is 4.79 Å². The van der Waals surface area contributed by atoms with Gasteiger partial charge >= 0.3 is 29.6 Å². The minimum atomic E-state index is 0. The van der Waals surface area contributed by atoms with E-state index in [0.717, 1.165) is 0 Å². The van der Waals surface area contributed by atoms with Gasteiger partial charge in [0, 0.05) is 5.56 Å². The number of hydrogen-bond acceptors (Lipinski definition) is 2. The summed E-state index contributed by atoms with van der Waals surface area (Å²) < 4.78 is 0. The molecule has 0 unspecified atom stereocenters. The predicted octanol–water partition coefficient (Wildman–Crippen LogP) is -1.29. The zero-order chi connectivity index (χ0) is 7.56. The molecule has 54 valence electrons. The molecule has 1 N–H and O–H groups in total. The van der Waals surface area contributed by atoms with E-state index in [4.69, 9.17) is 5.11 Å². The van der Waals surface area contributed by atoms with Crippen LogP contribution in [0.2, 0.25) is 0 Å². The van der Waals surface area contributed by atoms with E-state index >= 15 is 0 Å². The van der Waals surface area contributed by atoms with E-state index in [2.05, 4.69) is 0 Å². The Kier molecular flexibility index (Phi) is 4.42. The SMILES string of the molecule is CC(=O)c1ccc(O)cc1.[H-].[Na+]. The molecule has 0 amide bonds. The summed E-state index contributed by atoms with van der Waals surface area (Å²) in [6.07, 6.45) is 0. The van der Waals surface area contributed by atoms with Crippen LogP contribution in [0.3, 0.4) is 0 Å². The van der Waals surface area contributed by atoms with Gasteiger partial charge in [-0.15, -0.1) is 0 Å². The van der Waals surface area contributed by atoms with Gasteiger partial charge < -0.3 is 6.53 Å². The smallest absolute Gasteiger partial charge is 1.00 e. The normalized spacial score (nSPS) is 8.45. The molecule has 0 fully saturated rings. The van der Waals surface area contributed by atoms with Crippen molar-refractivity contribution in [3.05, 3.63) is 29.8 Å². The van der Waals surface area contributed by atoms with Gasteiger partial charge in [0.05, 0.1) is 0 Å². The van der Waals surface area contributed by atoms with Crippen LogP contribution in [0.1, 0.15) is 18.7 Å². The van der Waals surface area contributed by atoms with Gasteiger partial charge in [0.15, 0.2) is 5.78 Å². The molecule has 0 aromatic heterocycles. The van der Waals surface area contributed by atoms with Crippen LogP contribution in [0.25, 0.3) is 0 Å². The molecule has 0 spiro atoms. The molecule has 0 aliphatic rings. The first kappa shape index (κ1) is 10.7. The summed E-state index contributed by atoms with van der Waals surface area (Å²) in [5.41, 5.74) is 0.623. The standard InChI is InChI=1S/C8H8O2.Na.H/c1-6(9)7-2-4-8(10)5-3-7;;/h2-5,10H,1H3;;/q;+1;-1. The molecule has 0 saturated carbocycles. The second-order valence-corrected chi connectivity index (χ2v) is 2.10. The summed E-state index contributed by atoms with van der Waals surface area (Å²) in [7, 11) is 0. The third-order valence-electron chi connectivity index (χ3n) is 1.27. The fourth-order valence-corrected chi connectivity index (χ4v) is 0.696.